The van der Waals surface area contributed by atoms with Crippen LogP contribution in [0.5, 0.6) is 0 Å². The van der Waals surface area contributed by atoms with Crippen molar-refractivity contribution in [3.8, 4) is 0 Å². The molecule has 1 aromatic carbocycles. The standard InChI is InChI=1S/C18H19NO2S/c1-13(17-12-14-6-2-3-9-16(14)21-17)19-18(20)10-4-7-15-8-5-11-22-15/h2-3,5-6,8-9,11-13H,4,7,10H2,1H3,(H,19,20)/t13-/m1/s1. The Balaban J connectivity index is 1.52. The molecule has 1 amide bonds. The van der Waals surface area contributed by atoms with Crippen LogP contribution in [0.1, 0.15) is 36.4 Å². The van der Waals surface area contributed by atoms with E-state index >= 15 is 0 Å². The lowest BCUT2D eigenvalue weighted by Crippen LogP contribution is -2.26. The zero-order valence-electron chi connectivity index (χ0n) is 12.5. The number of amides is 1. The molecule has 2 aromatic heterocycles. The van der Waals surface area contributed by atoms with Gasteiger partial charge in [0.15, 0.2) is 0 Å². The fraction of sp³-hybridized carbons (Fsp3) is 0.278. The number of nitrogens with one attached hydrogen (secondary N) is 1. The summed E-state index contributed by atoms with van der Waals surface area (Å²) in [5.41, 5.74) is 0.858. The summed E-state index contributed by atoms with van der Waals surface area (Å²) in [5.74, 6) is 0.873. The van der Waals surface area contributed by atoms with Crippen molar-refractivity contribution in [3.63, 3.8) is 0 Å². The average molecular weight is 313 g/mol. The second-order valence-corrected chi connectivity index (χ2v) is 6.44. The first kappa shape index (κ1) is 14.9. The zero-order valence-corrected chi connectivity index (χ0v) is 13.4. The summed E-state index contributed by atoms with van der Waals surface area (Å²) in [6, 6.07) is 13.9. The van der Waals surface area contributed by atoms with Crippen LogP contribution in [-0.4, -0.2) is 5.91 Å². The smallest absolute Gasteiger partial charge is 0.220 e. The molecule has 114 valence electrons. The van der Waals surface area contributed by atoms with Crippen molar-refractivity contribution in [2.45, 2.75) is 32.2 Å². The molecule has 0 spiro atoms. The van der Waals surface area contributed by atoms with Gasteiger partial charge in [0.2, 0.25) is 5.91 Å². The highest BCUT2D eigenvalue weighted by Crippen LogP contribution is 2.23. The van der Waals surface area contributed by atoms with E-state index in [2.05, 4.69) is 16.8 Å². The summed E-state index contributed by atoms with van der Waals surface area (Å²) < 4.78 is 5.78. The number of carbonyl (C=O) groups is 1. The number of hydrogen-bond donors (Lipinski definition) is 1. The maximum absolute atomic E-state index is 12.0. The van der Waals surface area contributed by atoms with Gasteiger partial charge in [-0.1, -0.05) is 24.3 Å². The van der Waals surface area contributed by atoms with Gasteiger partial charge in [-0.3, -0.25) is 4.79 Å². The Kier molecular flexibility index (Phi) is 4.59. The van der Waals surface area contributed by atoms with E-state index in [9.17, 15) is 4.79 Å². The molecule has 1 N–H and O–H groups in total. The topological polar surface area (TPSA) is 42.2 Å². The van der Waals surface area contributed by atoms with E-state index in [0.29, 0.717) is 6.42 Å². The van der Waals surface area contributed by atoms with Crippen LogP contribution < -0.4 is 5.32 Å². The van der Waals surface area contributed by atoms with Gasteiger partial charge in [-0.2, -0.15) is 0 Å². The first-order valence-corrected chi connectivity index (χ1v) is 8.40. The number of carbonyl (C=O) groups excluding carboxylic acids is 1. The van der Waals surface area contributed by atoms with Gasteiger partial charge in [-0.25, -0.2) is 0 Å². The van der Waals surface area contributed by atoms with Crippen molar-refractivity contribution in [2.75, 3.05) is 0 Å². The zero-order chi connectivity index (χ0) is 15.4. The quantitative estimate of drug-likeness (QED) is 0.717. The van der Waals surface area contributed by atoms with Crippen molar-refractivity contribution in [2.24, 2.45) is 0 Å². The van der Waals surface area contributed by atoms with Gasteiger partial charge in [-0.15, -0.1) is 11.3 Å². The van der Waals surface area contributed by atoms with Crippen molar-refractivity contribution < 1.29 is 9.21 Å². The predicted molar refractivity (Wildman–Crippen MR) is 90.0 cm³/mol. The van der Waals surface area contributed by atoms with E-state index < -0.39 is 0 Å². The third-order valence-corrected chi connectivity index (χ3v) is 4.59. The van der Waals surface area contributed by atoms with Gasteiger partial charge < -0.3 is 9.73 Å². The molecular formula is C18H19NO2S. The maximum Gasteiger partial charge on any atom is 0.220 e. The first-order chi connectivity index (χ1) is 10.7. The Bertz CT molecular complexity index is 712. The van der Waals surface area contributed by atoms with Crippen molar-refractivity contribution in [1.29, 1.82) is 0 Å². The lowest BCUT2D eigenvalue weighted by atomic mass is 10.2. The monoisotopic (exact) mass is 313 g/mol. The second kappa shape index (κ2) is 6.79. The van der Waals surface area contributed by atoms with Gasteiger partial charge in [0.05, 0.1) is 6.04 Å². The molecule has 3 nitrogen and oxygen atoms in total. The lowest BCUT2D eigenvalue weighted by Gasteiger charge is -2.11. The van der Waals surface area contributed by atoms with E-state index in [1.807, 2.05) is 43.3 Å². The van der Waals surface area contributed by atoms with Gasteiger partial charge in [0.25, 0.3) is 0 Å². The van der Waals surface area contributed by atoms with E-state index in [0.717, 1.165) is 29.6 Å². The van der Waals surface area contributed by atoms with Gasteiger partial charge in [0.1, 0.15) is 11.3 Å². The summed E-state index contributed by atoms with van der Waals surface area (Å²) in [6.07, 6.45) is 2.38. The number of para-hydroxylation sites is 1. The minimum absolute atomic E-state index is 0.0736. The number of hydrogen-bond acceptors (Lipinski definition) is 3. The molecule has 0 unspecified atom stereocenters. The summed E-state index contributed by atoms with van der Waals surface area (Å²) in [4.78, 5) is 13.4. The summed E-state index contributed by atoms with van der Waals surface area (Å²) in [6.45, 7) is 1.95. The highest BCUT2D eigenvalue weighted by molar-refractivity contribution is 7.09. The molecule has 0 aliphatic rings. The van der Waals surface area contributed by atoms with E-state index in [-0.39, 0.29) is 11.9 Å². The van der Waals surface area contributed by atoms with Crippen LogP contribution in [-0.2, 0) is 11.2 Å². The molecule has 3 rings (SSSR count). The molecule has 3 aromatic rings. The normalized spacial score (nSPS) is 12.4. The second-order valence-electron chi connectivity index (χ2n) is 5.41. The highest BCUT2D eigenvalue weighted by Gasteiger charge is 2.13. The molecule has 1 atom stereocenters. The third kappa shape index (κ3) is 3.57. The Morgan fingerprint density at radius 3 is 2.91 bits per heavy atom. The van der Waals surface area contributed by atoms with E-state index in [1.54, 1.807) is 11.3 Å². The lowest BCUT2D eigenvalue weighted by molar-refractivity contribution is -0.121. The highest BCUT2D eigenvalue weighted by atomic mass is 32.1. The molecule has 0 aliphatic carbocycles. The molecule has 0 radical (unpaired) electrons. The van der Waals surface area contributed by atoms with Gasteiger partial charge >= 0.3 is 0 Å². The van der Waals surface area contributed by atoms with Crippen molar-refractivity contribution in [1.82, 2.24) is 5.32 Å². The van der Waals surface area contributed by atoms with Crippen molar-refractivity contribution >= 4 is 28.2 Å². The van der Waals surface area contributed by atoms with Crippen LogP contribution in [0.25, 0.3) is 11.0 Å². The fourth-order valence-electron chi connectivity index (χ4n) is 2.48. The number of benzene rings is 1. The van der Waals surface area contributed by atoms with Crippen LogP contribution in [0.2, 0.25) is 0 Å². The summed E-state index contributed by atoms with van der Waals surface area (Å²) in [7, 11) is 0. The molecule has 0 saturated carbocycles. The molecule has 0 saturated heterocycles. The average Bonchev–Trinajstić information content (AvgIpc) is 3.16. The molecule has 0 aliphatic heterocycles. The SMILES string of the molecule is C[C@@H](NC(=O)CCCc1cccs1)c1cc2ccccc2o1. The first-order valence-electron chi connectivity index (χ1n) is 7.52. The predicted octanol–water partition coefficient (Wildman–Crippen LogP) is 4.69. The minimum Gasteiger partial charge on any atom is -0.459 e. The largest absolute Gasteiger partial charge is 0.459 e. The number of furan rings is 1. The number of fused-ring (bicyclic) bond motifs is 1. The molecule has 0 fully saturated rings. The number of thiophene rings is 1. The van der Waals surface area contributed by atoms with Gasteiger partial charge in [0, 0.05) is 16.7 Å². The van der Waals surface area contributed by atoms with Gasteiger partial charge in [-0.05, 0) is 43.3 Å². The Morgan fingerprint density at radius 1 is 1.27 bits per heavy atom. The van der Waals surface area contributed by atoms with Crippen LogP contribution in [0.3, 0.4) is 0 Å². The van der Waals surface area contributed by atoms with Crippen LogP contribution >= 0.6 is 11.3 Å². The number of aryl methyl sites for hydroxylation is 1. The Morgan fingerprint density at radius 2 is 2.14 bits per heavy atom. The fourth-order valence-corrected chi connectivity index (χ4v) is 3.23. The number of rotatable bonds is 6. The summed E-state index contributed by atoms with van der Waals surface area (Å²) in [5, 5.41) is 6.14. The maximum atomic E-state index is 12.0. The van der Waals surface area contributed by atoms with E-state index in [1.165, 1.54) is 4.88 Å². The Hall–Kier alpha value is -2.07. The van der Waals surface area contributed by atoms with Crippen LogP contribution in [0.15, 0.2) is 52.3 Å². The Labute approximate surface area is 134 Å². The minimum atomic E-state index is -0.110. The summed E-state index contributed by atoms with van der Waals surface area (Å²) >= 11 is 1.74. The molecule has 2 heterocycles. The van der Waals surface area contributed by atoms with Crippen LogP contribution in [0.4, 0.5) is 0 Å². The molecule has 0 bridgehead atoms. The van der Waals surface area contributed by atoms with Crippen LogP contribution in [0, 0.1) is 0 Å². The van der Waals surface area contributed by atoms with E-state index in [4.69, 9.17) is 4.42 Å². The molecule has 4 heteroatoms. The molecule has 22 heavy (non-hydrogen) atoms. The molecular weight excluding hydrogens is 294 g/mol. The third-order valence-electron chi connectivity index (χ3n) is 3.66. The van der Waals surface area contributed by atoms with Crippen molar-refractivity contribution in [3.05, 3.63) is 58.5 Å².